The molecule has 0 saturated carbocycles. The number of aliphatic hydroxyl groups is 2. The molecular weight excluding hydrogens is 352 g/mol. The fourth-order valence-electron chi connectivity index (χ4n) is 4.37. The lowest BCUT2D eigenvalue weighted by Gasteiger charge is -2.23. The average molecular weight is 385 g/mol. The van der Waals surface area contributed by atoms with Crippen LogP contribution in [0, 0.1) is 11.8 Å². The Kier molecular flexibility index (Phi) is 7.83. The third-order valence-electron chi connectivity index (χ3n) is 5.91. The van der Waals surface area contributed by atoms with Crippen LogP contribution in [-0.2, 0) is 6.42 Å². The van der Waals surface area contributed by atoms with Crippen molar-refractivity contribution in [2.24, 2.45) is 11.8 Å². The van der Waals surface area contributed by atoms with Gasteiger partial charge in [0.1, 0.15) is 5.75 Å². The number of aliphatic hydroxyl groups excluding tert-OH is 2. The minimum atomic E-state index is 0.116. The second-order valence-corrected chi connectivity index (χ2v) is 7.95. The van der Waals surface area contributed by atoms with E-state index >= 15 is 0 Å². The SMILES string of the molecule is OCCC(CN1C[C@@H](CCCc2ccccc2)[C@@H](CO)C1)c1ccc(O)cn1. The van der Waals surface area contributed by atoms with Gasteiger partial charge in [0.15, 0.2) is 0 Å². The molecule has 1 fully saturated rings. The van der Waals surface area contributed by atoms with E-state index in [0.29, 0.717) is 18.3 Å². The van der Waals surface area contributed by atoms with Crippen molar-refractivity contribution in [3.05, 3.63) is 59.9 Å². The Morgan fingerprint density at radius 2 is 1.82 bits per heavy atom. The van der Waals surface area contributed by atoms with E-state index < -0.39 is 0 Å². The summed E-state index contributed by atoms with van der Waals surface area (Å²) in [5.41, 5.74) is 2.28. The molecule has 0 radical (unpaired) electrons. The van der Waals surface area contributed by atoms with Gasteiger partial charge in [0.2, 0.25) is 0 Å². The highest BCUT2D eigenvalue weighted by atomic mass is 16.3. The van der Waals surface area contributed by atoms with Crippen molar-refractivity contribution in [1.82, 2.24) is 9.88 Å². The molecule has 3 N–H and O–H groups in total. The number of likely N-dealkylation sites (tertiary alicyclic amines) is 1. The zero-order valence-corrected chi connectivity index (χ0v) is 16.5. The molecule has 1 saturated heterocycles. The topological polar surface area (TPSA) is 76.8 Å². The van der Waals surface area contributed by atoms with E-state index in [2.05, 4.69) is 34.1 Å². The second-order valence-electron chi connectivity index (χ2n) is 7.95. The average Bonchev–Trinajstić information content (AvgIpc) is 3.11. The van der Waals surface area contributed by atoms with Crippen molar-refractivity contribution < 1.29 is 15.3 Å². The first kappa shape index (κ1) is 20.8. The van der Waals surface area contributed by atoms with Gasteiger partial charge in [-0.2, -0.15) is 0 Å². The summed E-state index contributed by atoms with van der Waals surface area (Å²) in [4.78, 5) is 6.75. The summed E-state index contributed by atoms with van der Waals surface area (Å²) in [7, 11) is 0. The Bertz CT molecular complexity index is 693. The fraction of sp³-hybridized carbons (Fsp3) is 0.522. The standard InChI is InChI=1S/C23H32N2O3/c26-12-11-20(23-10-9-22(28)13-24-23)15-25-14-19(21(16-25)17-27)8-4-7-18-5-2-1-3-6-18/h1-3,5-6,9-10,13,19-21,26-28H,4,7-8,11-12,14-17H2/t19-,20?,21-/m1/s1. The molecule has 0 bridgehead atoms. The highest BCUT2D eigenvalue weighted by molar-refractivity contribution is 5.20. The van der Waals surface area contributed by atoms with Gasteiger partial charge >= 0.3 is 0 Å². The largest absolute Gasteiger partial charge is 0.506 e. The van der Waals surface area contributed by atoms with E-state index in [0.717, 1.165) is 44.6 Å². The molecule has 5 heteroatoms. The summed E-state index contributed by atoms with van der Waals surface area (Å²) in [6.45, 7) is 3.05. The Morgan fingerprint density at radius 1 is 1.04 bits per heavy atom. The maximum Gasteiger partial charge on any atom is 0.133 e. The van der Waals surface area contributed by atoms with E-state index in [1.54, 1.807) is 6.07 Å². The lowest BCUT2D eigenvalue weighted by Crippen LogP contribution is -2.28. The number of benzene rings is 1. The van der Waals surface area contributed by atoms with E-state index in [1.165, 1.54) is 11.8 Å². The lowest BCUT2D eigenvalue weighted by atomic mass is 9.91. The normalized spacial score (nSPS) is 21.1. The molecule has 1 unspecified atom stereocenters. The van der Waals surface area contributed by atoms with Gasteiger partial charge in [-0.05, 0) is 55.2 Å². The smallest absolute Gasteiger partial charge is 0.133 e. The lowest BCUT2D eigenvalue weighted by molar-refractivity contribution is 0.194. The van der Waals surface area contributed by atoms with Gasteiger partial charge < -0.3 is 20.2 Å². The molecular formula is C23H32N2O3. The molecule has 0 spiro atoms. The number of pyridine rings is 1. The molecule has 3 atom stereocenters. The van der Waals surface area contributed by atoms with Crippen LogP contribution < -0.4 is 0 Å². The molecule has 1 aliphatic heterocycles. The first-order valence-electron chi connectivity index (χ1n) is 10.3. The van der Waals surface area contributed by atoms with Crippen LogP contribution in [0.25, 0.3) is 0 Å². The van der Waals surface area contributed by atoms with Gasteiger partial charge in [0.25, 0.3) is 0 Å². The molecule has 1 aromatic carbocycles. The number of hydrogen-bond donors (Lipinski definition) is 3. The van der Waals surface area contributed by atoms with Gasteiger partial charge in [-0.15, -0.1) is 0 Å². The van der Waals surface area contributed by atoms with Crippen molar-refractivity contribution in [3.63, 3.8) is 0 Å². The fourth-order valence-corrected chi connectivity index (χ4v) is 4.37. The molecule has 0 amide bonds. The van der Waals surface area contributed by atoms with Gasteiger partial charge in [0, 0.05) is 44.5 Å². The third kappa shape index (κ3) is 5.77. The monoisotopic (exact) mass is 384 g/mol. The van der Waals surface area contributed by atoms with E-state index in [9.17, 15) is 15.3 Å². The highest BCUT2D eigenvalue weighted by Crippen LogP contribution is 2.30. The number of aromatic hydroxyl groups is 1. The molecule has 5 nitrogen and oxygen atoms in total. The predicted octanol–water partition coefficient (Wildman–Crippen LogP) is 2.82. The summed E-state index contributed by atoms with van der Waals surface area (Å²) >= 11 is 0. The van der Waals surface area contributed by atoms with Crippen LogP contribution in [0.4, 0.5) is 0 Å². The summed E-state index contributed by atoms with van der Waals surface area (Å²) in [5.74, 6) is 1.12. The maximum absolute atomic E-state index is 9.85. The van der Waals surface area contributed by atoms with E-state index in [1.807, 2.05) is 12.1 Å². The van der Waals surface area contributed by atoms with Crippen LogP contribution in [0.1, 0.15) is 36.4 Å². The van der Waals surface area contributed by atoms with Crippen molar-refractivity contribution in [2.75, 3.05) is 32.8 Å². The molecule has 2 heterocycles. The van der Waals surface area contributed by atoms with Gasteiger partial charge in [0.05, 0.1) is 6.20 Å². The van der Waals surface area contributed by atoms with Gasteiger partial charge in [-0.3, -0.25) is 4.98 Å². The first-order chi connectivity index (χ1) is 13.7. The second kappa shape index (κ2) is 10.6. The first-order valence-corrected chi connectivity index (χ1v) is 10.3. The van der Waals surface area contributed by atoms with Crippen molar-refractivity contribution in [1.29, 1.82) is 0 Å². The number of aryl methyl sites for hydroxylation is 1. The molecule has 1 aromatic heterocycles. The van der Waals surface area contributed by atoms with Crippen molar-refractivity contribution in [2.45, 2.75) is 31.6 Å². The van der Waals surface area contributed by atoms with Crippen LogP contribution in [0.5, 0.6) is 5.75 Å². The predicted molar refractivity (Wildman–Crippen MR) is 110 cm³/mol. The number of aromatic nitrogens is 1. The quantitative estimate of drug-likeness (QED) is 0.587. The Labute approximate surface area is 167 Å². The van der Waals surface area contributed by atoms with E-state index in [-0.39, 0.29) is 24.9 Å². The van der Waals surface area contributed by atoms with Crippen LogP contribution in [0.2, 0.25) is 0 Å². The zero-order valence-electron chi connectivity index (χ0n) is 16.5. The van der Waals surface area contributed by atoms with Crippen molar-refractivity contribution >= 4 is 0 Å². The van der Waals surface area contributed by atoms with Gasteiger partial charge in [-0.1, -0.05) is 30.3 Å². The number of hydrogen-bond acceptors (Lipinski definition) is 5. The molecule has 28 heavy (non-hydrogen) atoms. The van der Waals surface area contributed by atoms with Crippen LogP contribution in [0.3, 0.4) is 0 Å². The number of nitrogens with zero attached hydrogens (tertiary/aromatic N) is 2. The maximum atomic E-state index is 9.85. The van der Waals surface area contributed by atoms with Gasteiger partial charge in [-0.25, -0.2) is 0 Å². The Hall–Kier alpha value is -1.95. The molecule has 0 aliphatic carbocycles. The zero-order chi connectivity index (χ0) is 19.8. The molecule has 3 rings (SSSR count). The van der Waals surface area contributed by atoms with Crippen LogP contribution in [0.15, 0.2) is 48.7 Å². The van der Waals surface area contributed by atoms with E-state index in [4.69, 9.17) is 0 Å². The van der Waals surface area contributed by atoms with Crippen LogP contribution >= 0.6 is 0 Å². The molecule has 1 aliphatic rings. The number of rotatable bonds is 10. The highest BCUT2D eigenvalue weighted by Gasteiger charge is 2.33. The third-order valence-corrected chi connectivity index (χ3v) is 5.91. The summed E-state index contributed by atoms with van der Waals surface area (Å²) < 4.78 is 0. The van der Waals surface area contributed by atoms with Crippen molar-refractivity contribution in [3.8, 4) is 5.75 Å². The summed E-state index contributed by atoms with van der Waals surface area (Å²) in [6.07, 6.45) is 5.46. The minimum Gasteiger partial charge on any atom is -0.506 e. The Morgan fingerprint density at radius 3 is 2.50 bits per heavy atom. The molecule has 152 valence electrons. The summed E-state index contributed by atoms with van der Waals surface area (Å²) in [5, 5.41) is 28.8. The Balaban J connectivity index is 1.54. The summed E-state index contributed by atoms with van der Waals surface area (Å²) in [6, 6.07) is 14.1. The molecule has 2 aromatic rings. The minimum absolute atomic E-state index is 0.116. The van der Waals surface area contributed by atoms with Crippen LogP contribution in [-0.4, -0.2) is 58.1 Å².